The number of nitrogens with zero attached hydrogens (tertiary/aromatic N) is 1. The Morgan fingerprint density at radius 3 is 2.09 bits per heavy atom. The molecule has 0 aromatic heterocycles. The van der Waals surface area contributed by atoms with E-state index in [1.54, 1.807) is 31.3 Å². The molecule has 1 heterocycles. The zero-order valence-corrected chi connectivity index (χ0v) is 20.4. The van der Waals surface area contributed by atoms with Crippen LogP contribution in [0.25, 0.3) is 5.76 Å². The molecular weight excluding hydrogens is 442 g/mol. The smallest absolute Gasteiger partial charge is 0.295 e. The first-order chi connectivity index (χ1) is 16.8. The molecule has 0 bridgehead atoms. The largest absolute Gasteiger partial charge is 0.507 e. The third kappa shape index (κ3) is 4.78. The Kier molecular flexibility index (Phi) is 6.92. The van der Waals surface area contributed by atoms with Gasteiger partial charge in [0, 0.05) is 12.1 Å². The number of ketones is 1. The van der Waals surface area contributed by atoms with Crippen molar-refractivity contribution < 1.29 is 24.2 Å². The maximum Gasteiger partial charge on any atom is 0.295 e. The molecule has 6 heteroatoms. The Hall–Kier alpha value is -4.06. The molecular formula is C29H29NO5. The Morgan fingerprint density at radius 1 is 0.886 bits per heavy atom. The number of amides is 1. The molecule has 3 aromatic carbocycles. The summed E-state index contributed by atoms with van der Waals surface area (Å²) in [5.74, 6) is -0.0399. The van der Waals surface area contributed by atoms with Crippen LogP contribution in [0.3, 0.4) is 0 Å². The first kappa shape index (κ1) is 24.1. The average Bonchev–Trinajstić information content (AvgIpc) is 3.13. The highest BCUT2D eigenvalue weighted by Crippen LogP contribution is 2.40. The van der Waals surface area contributed by atoms with Gasteiger partial charge in [-0.05, 0) is 67.3 Å². The minimum absolute atomic E-state index is 0.101. The Morgan fingerprint density at radius 2 is 1.49 bits per heavy atom. The van der Waals surface area contributed by atoms with Crippen molar-refractivity contribution >= 4 is 17.4 Å². The molecule has 4 rings (SSSR count). The summed E-state index contributed by atoms with van der Waals surface area (Å²) in [4.78, 5) is 28.0. The molecule has 1 aliphatic heterocycles. The van der Waals surface area contributed by atoms with E-state index in [0.717, 1.165) is 28.0 Å². The fourth-order valence-corrected chi connectivity index (χ4v) is 4.42. The molecule has 3 aromatic rings. The van der Waals surface area contributed by atoms with E-state index in [4.69, 9.17) is 9.47 Å². The second-order valence-electron chi connectivity index (χ2n) is 8.68. The van der Waals surface area contributed by atoms with Crippen LogP contribution in [0.15, 0.2) is 72.3 Å². The van der Waals surface area contributed by atoms with Crippen LogP contribution in [0.4, 0.5) is 0 Å². The number of hydrogen-bond donors (Lipinski definition) is 1. The molecule has 0 saturated carbocycles. The minimum atomic E-state index is -0.709. The number of aryl methyl sites for hydroxylation is 2. The molecule has 35 heavy (non-hydrogen) atoms. The molecule has 6 nitrogen and oxygen atoms in total. The maximum atomic E-state index is 13.3. The number of likely N-dealkylation sites (tertiary alicyclic amines) is 1. The van der Waals surface area contributed by atoms with Crippen LogP contribution >= 0.6 is 0 Å². The van der Waals surface area contributed by atoms with E-state index in [-0.39, 0.29) is 11.3 Å². The monoisotopic (exact) mass is 471 g/mol. The van der Waals surface area contributed by atoms with Crippen LogP contribution in [0.5, 0.6) is 11.5 Å². The molecule has 1 fully saturated rings. The summed E-state index contributed by atoms with van der Waals surface area (Å²) in [5.41, 5.74) is 4.17. The van der Waals surface area contributed by atoms with Crippen molar-refractivity contribution in [2.45, 2.75) is 26.3 Å². The van der Waals surface area contributed by atoms with Crippen molar-refractivity contribution in [3.63, 3.8) is 0 Å². The molecule has 180 valence electrons. The van der Waals surface area contributed by atoms with E-state index in [0.29, 0.717) is 24.3 Å². The summed E-state index contributed by atoms with van der Waals surface area (Å²) >= 11 is 0. The van der Waals surface area contributed by atoms with Crippen molar-refractivity contribution in [3.05, 3.63) is 100 Å². The maximum absolute atomic E-state index is 13.3. The van der Waals surface area contributed by atoms with Crippen molar-refractivity contribution in [2.75, 3.05) is 20.8 Å². The number of carbonyl (C=O) groups is 2. The molecule has 1 unspecified atom stereocenters. The highest BCUT2D eigenvalue weighted by Gasteiger charge is 2.46. The van der Waals surface area contributed by atoms with Gasteiger partial charge in [0.15, 0.2) is 0 Å². The van der Waals surface area contributed by atoms with Gasteiger partial charge in [0.2, 0.25) is 0 Å². The topological polar surface area (TPSA) is 76.1 Å². The lowest BCUT2D eigenvalue weighted by atomic mass is 9.93. The van der Waals surface area contributed by atoms with E-state index in [1.807, 2.05) is 68.4 Å². The Bertz CT molecular complexity index is 1280. The zero-order valence-electron chi connectivity index (χ0n) is 20.4. The van der Waals surface area contributed by atoms with E-state index in [9.17, 15) is 14.7 Å². The highest BCUT2D eigenvalue weighted by atomic mass is 16.5. The summed E-state index contributed by atoms with van der Waals surface area (Å²) in [7, 11) is 3.19. The van der Waals surface area contributed by atoms with Gasteiger partial charge in [-0.1, -0.05) is 42.0 Å². The summed E-state index contributed by atoms with van der Waals surface area (Å²) < 4.78 is 10.5. The van der Waals surface area contributed by atoms with E-state index >= 15 is 0 Å². The molecule has 1 aliphatic rings. The number of benzene rings is 3. The van der Waals surface area contributed by atoms with Crippen molar-refractivity contribution in [1.82, 2.24) is 4.90 Å². The quantitative estimate of drug-likeness (QED) is 0.299. The fraction of sp³-hybridized carbons (Fsp3) is 0.241. The molecule has 1 N–H and O–H groups in total. The highest BCUT2D eigenvalue weighted by molar-refractivity contribution is 6.46. The summed E-state index contributed by atoms with van der Waals surface area (Å²) in [6, 6.07) is 19.8. The van der Waals surface area contributed by atoms with Crippen LogP contribution < -0.4 is 9.47 Å². The second-order valence-corrected chi connectivity index (χ2v) is 8.68. The number of rotatable bonds is 7. The number of carbonyl (C=O) groups excluding carboxylic acids is 2. The van der Waals surface area contributed by atoms with Crippen LogP contribution in [0.1, 0.15) is 33.9 Å². The number of ether oxygens (including phenoxy) is 2. The van der Waals surface area contributed by atoms with Crippen molar-refractivity contribution in [1.29, 1.82) is 0 Å². The summed E-state index contributed by atoms with van der Waals surface area (Å²) in [6.45, 7) is 4.11. The van der Waals surface area contributed by atoms with Gasteiger partial charge in [-0.25, -0.2) is 0 Å². The van der Waals surface area contributed by atoms with Gasteiger partial charge < -0.3 is 19.5 Å². The van der Waals surface area contributed by atoms with Crippen LogP contribution in [0.2, 0.25) is 0 Å². The SMILES string of the molecule is COc1ccc(CCN2C(=O)C(=O)/C(=C(/O)c3cc(C)ccc3C)C2c2ccc(OC)cc2)cc1. The fourth-order valence-electron chi connectivity index (χ4n) is 4.42. The number of aliphatic hydroxyl groups excluding tert-OH is 1. The number of Topliss-reactive ketones (excluding diaryl/α,β-unsaturated/α-hetero) is 1. The van der Waals surface area contributed by atoms with Crippen molar-refractivity contribution in [3.8, 4) is 11.5 Å². The van der Waals surface area contributed by atoms with Gasteiger partial charge in [0.05, 0.1) is 25.8 Å². The standard InChI is InChI=1S/C29H29NO5/c1-18-5-6-19(2)24(17-18)27(31)25-26(21-9-13-23(35-4)14-10-21)30(29(33)28(25)32)16-15-20-7-11-22(34-3)12-8-20/h5-14,17,26,31H,15-16H2,1-4H3/b27-25+. The first-order valence-corrected chi connectivity index (χ1v) is 11.5. The molecule has 0 spiro atoms. The van der Waals surface area contributed by atoms with Gasteiger partial charge in [0.1, 0.15) is 17.3 Å². The van der Waals surface area contributed by atoms with E-state index in [1.165, 1.54) is 0 Å². The number of methoxy groups -OCH3 is 2. The average molecular weight is 472 g/mol. The first-order valence-electron chi connectivity index (χ1n) is 11.5. The van der Waals surface area contributed by atoms with Gasteiger partial charge >= 0.3 is 0 Å². The molecule has 1 amide bonds. The van der Waals surface area contributed by atoms with Crippen molar-refractivity contribution in [2.24, 2.45) is 0 Å². The zero-order chi connectivity index (χ0) is 25.1. The predicted molar refractivity (Wildman–Crippen MR) is 135 cm³/mol. The number of hydrogen-bond acceptors (Lipinski definition) is 5. The molecule has 0 radical (unpaired) electrons. The normalized spacial score (nSPS) is 17.0. The van der Waals surface area contributed by atoms with Crippen LogP contribution in [-0.4, -0.2) is 42.5 Å². The lowest BCUT2D eigenvalue weighted by Crippen LogP contribution is -2.31. The van der Waals surface area contributed by atoms with Gasteiger partial charge in [-0.3, -0.25) is 9.59 Å². The molecule has 1 atom stereocenters. The Balaban J connectivity index is 1.77. The van der Waals surface area contributed by atoms with E-state index < -0.39 is 17.7 Å². The third-order valence-electron chi connectivity index (χ3n) is 6.42. The predicted octanol–water partition coefficient (Wildman–Crippen LogP) is 4.99. The molecule has 0 aliphatic carbocycles. The second kappa shape index (κ2) is 10.1. The Labute approximate surface area is 205 Å². The lowest BCUT2D eigenvalue weighted by molar-refractivity contribution is -0.139. The van der Waals surface area contributed by atoms with Crippen LogP contribution in [-0.2, 0) is 16.0 Å². The summed E-state index contributed by atoms with van der Waals surface area (Å²) in [6.07, 6.45) is 0.549. The lowest BCUT2D eigenvalue weighted by Gasteiger charge is -2.25. The van der Waals surface area contributed by atoms with Gasteiger partial charge in [-0.2, -0.15) is 0 Å². The van der Waals surface area contributed by atoms with Crippen LogP contribution in [0, 0.1) is 13.8 Å². The van der Waals surface area contributed by atoms with Gasteiger partial charge in [-0.15, -0.1) is 0 Å². The number of aliphatic hydroxyl groups is 1. The third-order valence-corrected chi connectivity index (χ3v) is 6.42. The molecule has 1 saturated heterocycles. The van der Waals surface area contributed by atoms with E-state index in [2.05, 4.69) is 0 Å². The summed E-state index contributed by atoms with van der Waals surface area (Å²) in [5, 5.41) is 11.3. The van der Waals surface area contributed by atoms with Gasteiger partial charge in [0.25, 0.3) is 11.7 Å². The minimum Gasteiger partial charge on any atom is -0.507 e.